The zero-order chi connectivity index (χ0) is 9.34. The average Bonchev–Trinajstić information content (AvgIpc) is 2.80. The van der Waals surface area contributed by atoms with Crippen molar-refractivity contribution in [3.05, 3.63) is 0 Å². The lowest BCUT2D eigenvalue weighted by Crippen LogP contribution is -2.49. The summed E-state index contributed by atoms with van der Waals surface area (Å²) in [7, 11) is 0. The Morgan fingerprint density at radius 1 is 0.929 bits per heavy atom. The molecule has 5 fully saturated rings. The molecule has 0 aromatic rings. The van der Waals surface area contributed by atoms with Crippen LogP contribution in [-0.2, 0) is 0 Å². The summed E-state index contributed by atoms with van der Waals surface area (Å²) in [6.45, 7) is 2.38. The molecule has 0 amide bonds. The highest BCUT2D eigenvalue weighted by Gasteiger charge is 2.59. The lowest BCUT2D eigenvalue weighted by atomic mass is 9.48. The summed E-state index contributed by atoms with van der Waals surface area (Å²) in [6.07, 6.45) is 9.46. The van der Waals surface area contributed by atoms with E-state index in [4.69, 9.17) is 0 Å². The van der Waals surface area contributed by atoms with Gasteiger partial charge < -0.3 is 5.32 Å². The van der Waals surface area contributed by atoms with Crippen LogP contribution in [0.3, 0.4) is 0 Å². The first-order chi connectivity index (χ1) is 6.75. The van der Waals surface area contributed by atoms with Gasteiger partial charge in [-0.2, -0.15) is 0 Å². The van der Waals surface area contributed by atoms with Gasteiger partial charge >= 0.3 is 0 Å². The first-order valence-corrected chi connectivity index (χ1v) is 6.51. The second kappa shape index (κ2) is 2.37. The first kappa shape index (κ1) is 8.15. The molecule has 0 radical (unpaired) electrons. The Bertz CT molecular complexity index is 235. The van der Waals surface area contributed by atoms with E-state index in [1.54, 1.807) is 38.5 Å². The standard InChI is InChI=1S/C13H21N/c1-8-12(14-8)13-5-9-2-10(6-13)4-11(3-9)7-13/h8-12,14H,2-7H2,1H3. The highest BCUT2D eigenvalue weighted by atomic mass is 15.2. The molecule has 1 heterocycles. The van der Waals surface area contributed by atoms with Gasteiger partial charge in [0.2, 0.25) is 0 Å². The Morgan fingerprint density at radius 3 is 1.71 bits per heavy atom. The molecule has 4 bridgehead atoms. The van der Waals surface area contributed by atoms with Gasteiger partial charge in [0.15, 0.2) is 0 Å². The van der Waals surface area contributed by atoms with Gasteiger partial charge in [-0.3, -0.25) is 0 Å². The van der Waals surface area contributed by atoms with Crippen LogP contribution in [0.1, 0.15) is 45.4 Å². The van der Waals surface area contributed by atoms with E-state index in [1.807, 2.05) is 0 Å². The zero-order valence-corrected chi connectivity index (χ0v) is 9.13. The average molecular weight is 191 g/mol. The molecule has 0 spiro atoms. The molecule has 0 aromatic carbocycles. The number of hydrogen-bond acceptors (Lipinski definition) is 1. The maximum atomic E-state index is 3.69. The molecule has 2 atom stereocenters. The summed E-state index contributed by atoms with van der Waals surface area (Å²) in [6, 6.07) is 1.75. The van der Waals surface area contributed by atoms with Crippen molar-refractivity contribution in [3.8, 4) is 0 Å². The molecule has 14 heavy (non-hydrogen) atoms. The van der Waals surface area contributed by atoms with Crippen LogP contribution in [0.25, 0.3) is 0 Å². The molecule has 78 valence electrons. The van der Waals surface area contributed by atoms with Gasteiger partial charge in [0.1, 0.15) is 0 Å². The predicted molar refractivity (Wildman–Crippen MR) is 57.0 cm³/mol. The van der Waals surface area contributed by atoms with Crippen LogP contribution in [0.2, 0.25) is 0 Å². The number of hydrogen-bond donors (Lipinski definition) is 1. The highest BCUT2D eigenvalue weighted by Crippen LogP contribution is 2.63. The van der Waals surface area contributed by atoms with Crippen molar-refractivity contribution in [3.63, 3.8) is 0 Å². The van der Waals surface area contributed by atoms with E-state index in [1.165, 1.54) is 0 Å². The third-order valence-corrected chi connectivity index (χ3v) is 5.58. The maximum absolute atomic E-state index is 3.69. The van der Waals surface area contributed by atoms with Gasteiger partial charge in [0, 0.05) is 12.1 Å². The van der Waals surface area contributed by atoms with Crippen molar-refractivity contribution in [2.75, 3.05) is 0 Å². The van der Waals surface area contributed by atoms with Crippen molar-refractivity contribution in [1.82, 2.24) is 5.32 Å². The fourth-order valence-electron chi connectivity index (χ4n) is 5.49. The Hall–Kier alpha value is -0.0400. The Balaban J connectivity index is 1.68. The van der Waals surface area contributed by atoms with E-state index >= 15 is 0 Å². The minimum Gasteiger partial charge on any atom is -0.308 e. The lowest BCUT2D eigenvalue weighted by molar-refractivity contribution is -0.0539. The summed E-state index contributed by atoms with van der Waals surface area (Å²) >= 11 is 0. The normalized spacial score (nSPS) is 64.5. The lowest BCUT2D eigenvalue weighted by Gasteiger charge is -2.57. The SMILES string of the molecule is CC1NC1C12CC3CC(CC(C3)C1)C2. The third-order valence-electron chi connectivity index (χ3n) is 5.58. The van der Waals surface area contributed by atoms with Gasteiger partial charge in [-0.05, 0) is 68.6 Å². The van der Waals surface area contributed by atoms with Crippen LogP contribution in [0.5, 0.6) is 0 Å². The fraction of sp³-hybridized carbons (Fsp3) is 1.00. The monoisotopic (exact) mass is 191 g/mol. The molecule has 1 heteroatoms. The van der Waals surface area contributed by atoms with Crippen LogP contribution in [0, 0.1) is 23.2 Å². The van der Waals surface area contributed by atoms with Crippen molar-refractivity contribution in [2.24, 2.45) is 23.2 Å². The molecule has 4 saturated carbocycles. The van der Waals surface area contributed by atoms with E-state index < -0.39 is 0 Å². The molecule has 1 nitrogen and oxygen atoms in total. The van der Waals surface area contributed by atoms with Crippen molar-refractivity contribution in [2.45, 2.75) is 57.5 Å². The quantitative estimate of drug-likeness (QED) is 0.632. The van der Waals surface area contributed by atoms with Gasteiger partial charge in [0.05, 0.1) is 0 Å². The fourth-order valence-corrected chi connectivity index (χ4v) is 5.49. The molecular weight excluding hydrogens is 170 g/mol. The van der Waals surface area contributed by atoms with E-state index in [9.17, 15) is 0 Å². The van der Waals surface area contributed by atoms with Gasteiger partial charge in [-0.25, -0.2) is 0 Å². The van der Waals surface area contributed by atoms with Crippen molar-refractivity contribution < 1.29 is 0 Å². The summed E-state index contributed by atoms with van der Waals surface area (Å²) in [5.41, 5.74) is 0.772. The molecule has 1 saturated heterocycles. The predicted octanol–water partition coefficient (Wildman–Crippen LogP) is 2.56. The third kappa shape index (κ3) is 0.946. The van der Waals surface area contributed by atoms with Gasteiger partial charge in [-0.15, -0.1) is 0 Å². The molecule has 4 aliphatic carbocycles. The smallest absolute Gasteiger partial charge is 0.0278 e. The zero-order valence-electron chi connectivity index (χ0n) is 9.13. The van der Waals surface area contributed by atoms with Gasteiger partial charge in [0.25, 0.3) is 0 Å². The maximum Gasteiger partial charge on any atom is 0.0278 e. The minimum absolute atomic E-state index is 0.772. The molecule has 1 aliphatic heterocycles. The molecule has 5 aliphatic rings. The van der Waals surface area contributed by atoms with Crippen LogP contribution in [0.15, 0.2) is 0 Å². The first-order valence-electron chi connectivity index (χ1n) is 6.51. The van der Waals surface area contributed by atoms with Crippen LogP contribution in [0.4, 0.5) is 0 Å². The number of nitrogens with one attached hydrogen (secondary N) is 1. The summed E-state index contributed by atoms with van der Waals surface area (Å²) in [5, 5.41) is 3.69. The molecule has 0 aromatic heterocycles. The Kier molecular flexibility index (Phi) is 1.38. The summed E-state index contributed by atoms with van der Waals surface area (Å²) in [5.74, 6) is 3.36. The Morgan fingerprint density at radius 2 is 1.36 bits per heavy atom. The van der Waals surface area contributed by atoms with Crippen LogP contribution < -0.4 is 5.32 Å². The largest absolute Gasteiger partial charge is 0.308 e. The molecule has 1 N–H and O–H groups in total. The van der Waals surface area contributed by atoms with E-state index in [0.29, 0.717) is 0 Å². The molecular formula is C13H21N. The minimum atomic E-state index is 0.772. The van der Waals surface area contributed by atoms with Crippen molar-refractivity contribution >= 4 is 0 Å². The topological polar surface area (TPSA) is 21.9 Å². The summed E-state index contributed by atoms with van der Waals surface area (Å²) < 4.78 is 0. The molecule has 5 rings (SSSR count). The second-order valence-corrected chi connectivity index (χ2v) is 6.71. The highest BCUT2D eigenvalue weighted by molar-refractivity contribution is 5.14. The van der Waals surface area contributed by atoms with Crippen LogP contribution >= 0.6 is 0 Å². The van der Waals surface area contributed by atoms with E-state index in [-0.39, 0.29) is 0 Å². The van der Waals surface area contributed by atoms with Crippen LogP contribution in [-0.4, -0.2) is 12.1 Å². The Labute approximate surface area is 86.6 Å². The number of rotatable bonds is 1. The van der Waals surface area contributed by atoms with Gasteiger partial charge in [-0.1, -0.05) is 0 Å². The summed E-state index contributed by atoms with van der Waals surface area (Å²) in [4.78, 5) is 0. The molecule has 2 unspecified atom stereocenters. The van der Waals surface area contributed by atoms with E-state index in [0.717, 1.165) is 35.3 Å². The van der Waals surface area contributed by atoms with Crippen molar-refractivity contribution in [1.29, 1.82) is 0 Å². The van der Waals surface area contributed by atoms with E-state index in [2.05, 4.69) is 12.2 Å². The second-order valence-electron chi connectivity index (χ2n) is 6.71.